The fourth-order valence-electron chi connectivity index (χ4n) is 3.59. The molecule has 1 atom stereocenters. The topological polar surface area (TPSA) is 76.2 Å². The summed E-state index contributed by atoms with van der Waals surface area (Å²) >= 11 is 0. The van der Waals surface area contributed by atoms with Crippen LogP contribution in [0.4, 0.5) is 0 Å². The lowest BCUT2D eigenvalue weighted by atomic mass is 10.00. The number of likely N-dealkylation sites (tertiary alicyclic amines) is 1. The second-order valence-corrected chi connectivity index (χ2v) is 7.21. The van der Waals surface area contributed by atoms with Gasteiger partial charge >= 0.3 is 0 Å². The Morgan fingerprint density at radius 1 is 1.40 bits per heavy atom. The predicted octanol–water partition coefficient (Wildman–Crippen LogP) is 2.03. The fraction of sp³-hybridized carbons (Fsp3) is 0.611. The summed E-state index contributed by atoms with van der Waals surface area (Å²) in [6, 6.07) is 2.12. The molecule has 0 aliphatic carbocycles. The number of hydrogen-bond acceptors (Lipinski definition) is 4. The van der Waals surface area contributed by atoms with Crippen LogP contribution in [-0.4, -0.2) is 48.6 Å². The SMILES string of the molecule is CCn1c(C)cc(C(=O)N2CCC(O)(c3cn(C(C)C)nn3)C2)c1C. The number of carbonyl (C=O) groups is 1. The van der Waals surface area contributed by atoms with Gasteiger partial charge in [0.25, 0.3) is 5.91 Å². The molecule has 0 spiro atoms. The van der Waals surface area contributed by atoms with Crippen LogP contribution in [0.25, 0.3) is 0 Å². The molecule has 0 saturated carbocycles. The number of hydrogen-bond donors (Lipinski definition) is 1. The first-order chi connectivity index (χ1) is 11.8. The summed E-state index contributed by atoms with van der Waals surface area (Å²) in [4.78, 5) is 14.7. The first-order valence-corrected chi connectivity index (χ1v) is 8.87. The number of aliphatic hydroxyl groups is 1. The molecule has 7 heteroatoms. The zero-order chi connectivity index (χ0) is 18.4. The molecule has 1 N–H and O–H groups in total. The fourth-order valence-corrected chi connectivity index (χ4v) is 3.59. The van der Waals surface area contributed by atoms with E-state index in [9.17, 15) is 9.90 Å². The Kier molecular flexibility index (Phi) is 4.45. The Bertz CT molecular complexity index is 791. The highest BCUT2D eigenvalue weighted by atomic mass is 16.3. The summed E-state index contributed by atoms with van der Waals surface area (Å²) in [5, 5.41) is 19.2. The smallest absolute Gasteiger partial charge is 0.255 e. The maximum absolute atomic E-state index is 12.9. The van der Waals surface area contributed by atoms with Crippen molar-refractivity contribution >= 4 is 5.91 Å². The number of β-amino-alcohol motifs (C(OH)–C–C–N with tert-alkyl or cyclic N) is 1. The molecule has 136 valence electrons. The summed E-state index contributed by atoms with van der Waals surface area (Å²) in [7, 11) is 0. The average molecular weight is 345 g/mol. The third kappa shape index (κ3) is 2.97. The lowest BCUT2D eigenvalue weighted by Crippen LogP contribution is -2.35. The maximum atomic E-state index is 12.9. The van der Waals surface area contributed by atoms with Crippen LogP contribution in [-0.2, 0) is 12.1 Å². The lowest BCUT2D eigenvalue weighted by molar-refractivity contribution is 0.0381. The first kappa shape index (κ1) is 17.7. The molecule has 1 unspecified atom stereocenters. The number of rotatable bonds is 4. The number of aromatic nitrogens is 4. The van der Waals surface area contributed by atoms with Gasteiger partial charge in [-0.15, -0.1) is 5.10 Å². The molecule has 3 heterocycles. The summed E-state index contributed by atoms with van der Waals surface area (Å²) < 4.78 is 3.86. The Morgan fingerprint density at radius 2 is 2.12 bits per heavy atom. The van der Waals surface area contributed by atoms with Crippen molar-refractivity contribution in [3.05, 3.63) is 34.9 Å². The van der Waals surface area contributed by atoms with Gasteiger partial charge in [0.15, 0.2) is 0 Å². The van der Waals surface area contributed by atoms with Gasteiger partial charge in [-0.2, -0.15) is 0 Å². The third-order valence-electron chi connectivity index (χ3n) is 5.17. The van der Waals surface area contributed by atoms with Crippen molar-refractivity contribution in [1.82, 2.24) is 24.5 Å². The van der Waals surface area contributed by atoms with Crippen LogP contribution in [0, 0.1) is 13.8 Å². The van der Waals surface area contributed by atoms with E-state index in [1.165, 1.54) is 0 Å². The minimum atomic E-state index is -1.13. The van der Waals surface area contributed by atoms with E-state index < -0.39 is 5.60 Å². The molecule has 0 bridgehead atoms. The van der Waals surface area contributed by atoms with Gasteiger partial charge in [-0.3, -0.25) is 4.79 Å². The van der Waals surface area contributed by atoms with Crippen molar-refractivity contribution in [2.75, 3.05) is 13.1 Å². The molecule has 25 heavy (non-hydrogen) atoms. The van der Waals surface area contributed by atoms with Gasteiger partial charge in [-0.25, -0.2) is 4.68 Å². The highest BCUT2D eigenvalue weighted by Gasteiger charge is 2.42. The van der Waals surface area contributed by atoms with Crippen molar-refractivity contribution in [2.45, 2.75) is 59.2 Å². The molecule has 3 rings (SSSR count). The summed E-state index contributed by atoms with van der Waals surface area (Å²) in [5.41, 5.74) is 2.19. The highest BCUT2D eigenvalue weighted by Crippen LogP contribution is 2.32. The quantitative estimate of drug-likeness (QED) is 0.920. The van der Waals surface area contributed by atoms with E-state index in [2.05, 4.69) is 21.8 Å². The van der Waals surface area contributed by atoms with Gasteiger partial charge < -0.3 is 14.6 Å². The Labute approximate surface area is 148 Å². The van der Waals surface area contributed by atoms with Crippen molar-refractivity contribution in [3.8, 4) is 0 Å². The average Bonchev–Trinajstić information content (AvgIpc) is 3.25. The van der Waals surface area contributed by atoms with E-state index in [0.717, 1.165) is 23.5 Å². The van der Waals surface area contributed by atoms with E-state index in [4.69, 9.17) is 0 Å². The van der Waals surface area contributed by atoms with Crippen LogP contribution in [0.15, 0.2) is 12.3 Å². The molecule has 2 aromatic heterocycles. The number of aryl methyl sites for hydroxylation is 1. The molecule has 1 aliphatic heterocycles. The zero-order valence-electron chi connectivity index (χ0n) is 15.7. The molecule has 1 aliphatic rings. The van der Waals surface area contributed by atoms with Crippen molar-refractivity contribution in [2.24, 2.45) is 0 Å². The van der Waals surface area contributed by atoms with Gasteiger partial charge in [0.1, 0.15) is 11.3 Å². The van der Waals surface area contributed by atoms with Crippen molar-refractivity contribution in [1.29, 1.82) is 0 Å². The predicted molar refractivity (Wildman–Crippen MR) is 94.4 cm³/mol. The molecule has 1 fully saturated rings. The van der Waals surface area contributed by atoms with Crippen molar-refractivity contribution in [3.63, 3.8) is 0 Å². The standard InChI is InChI=1S/C18H27N5O2/c1-6-22-13(4)9-15(14(22)5)17(24)21-8-7-18(25,11-21)16-10-23(12(2)3)20-19-16/h9-10,12,25H,6-8,11H2,1-5H3. The van der Waals surface area contributed by atoms with E-state index >= 15 is 0 Å². The highest BCUT2D eigenvalue weighted by molar-refractivity contribution is 5.96. The van der Waals surface area contributed by atoms with Crippen LogP contribution >= 0.6 is 0 Å². The van der Waals surface area contributed by atoms with Crippen LogP contribution in [0.3, 0.4) is 0 Å². The number of carbonyl (C=O) groups excluding carboxylic acids is 1. The van der Waals surface area contributed by atoms with E-state index in [1.807, 2.05) is 33.8 Å². The molecular weight excluding hydrogens is 318 g/mol. The van der Waals surface area contributed by atoms with E-state index in [-0.39, 0.29) is 18.5 Å². The van der Waals surface area contributed by atoms with Crippen LogP contribution in [0.2, 0.25) is 0 Å². The summed E-state index contributed by atoms with van der Waals surface area (Å²) in [6.07, 6.45) is 2.25. The largest absolute Gasteiger partial charge is 0.381 e. The lowest BCUT2D eigenvalue weighted by Gasteiger charge is -2.21. The van der Waals surface area contributed by atoms with E-state index in [1.54, 1.807) is 15.8 Å². The van der Waals surface area contributed by atoms with Crippen LogP contribution in [0.5, 0.6) is 0 Å². The molecule has 7 nitrogen and oxygen atoms in total. The Hall–Kier alpha value is -2.15. The summed E-state index contributed by atoms with van der Waals surface area (Å²) in [5.74, 6) is -0.0278. The van der Waals surface area contributed by atoms with Crippen LogP contribution < -0.4 is 0 Å². The first-order valence-electron chi connectivity index (χ1n) is 8.87. The molecular formula is C18H27N5O2. The monoisotopic (exact) mass is 345 g/mol. The molecule has 0 aromatic carbocycles. The number of nitrogens with zero attached hydrogens (tertiary/aromatic N) is 5. The second kappa shape index (κ2) is 6.29. The molecule has 1 saturated heterocycles. The van der Waals surface area contributed by atoms with E-state index in [0.29, 0.717) is 18.7 Å². The minimum absolute atomic E-state index is 0.0278. The van der Waals surface area contributed by atoms with Gasteiger partial charge in [-0.1, -0.05) is 5.21 Å². The second-order valence-electron chi connectivity index (χ2n) is 7.21. The third-order valence-corrected chi connectivity index (χ3v) is 5.17. The summed E-state index contributed by atoms with van der Waals surface area (Å²) in [6.45, 7) is 11.7. The van der Waals surface area contributed by atoms with Gasteiger partial charge in [-0.05, 0) is 40.7 Å². The van der Waals surface area contributed by atoms with Crippen molar-refractivity contribution < 1.29 is 9.90 Å². The Balaban J connectivity index is 1.81. The van der Waals surface area contributed by atoms with Gasteiger partial charge in [0.05, 0.1) is 18.3 Å². The van der Waals surface area contributed by atoms with Gasteiger partial charge in [0, 0.05) is 36.9 Å². The van der Waals surface area contributed by atoms with Gasteiger partial charge in [0.2, 0.25) is 0 Å². The zero-order valence-corrected chi connectivity index (χ0v) is 15.7. The molecule has 1 amide bonds. The van der Waals surface area contributed by atoms with Crippen LogP contribution in [0.1, 0.15) is 60.7 Å². The number of amides is 1. The maximum Gasteiger partial charge on any atom is 0.255 e. The molecule has 0 radical (unpaired) electrons. The molecule has 2 aromatic rings. The Morgan fingerprint density at radius 3 is 2.68 bits per heavy atom. The minimum Gasteiger partial charge on any atom is -0.381 e. The normalized spacial score (nSPS) is 20.7.